The predicted molar refractivity (Wildman–Crippen MR) is 91.5 cm³/mol. The first-order valence-electron chi connectivity index (χ1n) is 7.79. The van der Waals surface area contributed by atoms with Crippen molar-refractivity contribution in [1.29, 1.82) is 0 Å². The Morgan fingerprint density at radius 1 is 0.700 bits per heavy atom. The van der Waals surface area contributed by atoms with E-state index in [0.29, 0.717) is 10.8 Å². The molecule has 0 saturated carbocycles. The SMILES string of the molecule is CC(C)(C)CC(C)(C)N(C=CN)C(C)(C)CC(C)(C)C. The van der Waals surface area contributed by atoms with Crippen LogP contribution in [0, 0.1) is 10.8 Å². The minimum absolute atomic E-state index is 0.0723. The van der Waals surface area contributed by atoms with Gasteiger partial charge in [0.2, 0.25) is 0 Å². The van der Waals surface area contributed by atoms with Crippen molar-refractivity contribution in [2.24, 2.45) is 16.6 Å². The molecule has 0 radical (unpaired) electrons. The van der Waals surface area contributed by atoms with E-state index in [9.17, 15) is 0 Å². The molecule has 0 atom stereocenters. The third kappa shape index (κ3) is 6.67. The summed E-state index contributed by atoms with van der Waals surface area (Å²) in [5.74, 6) is 0. The molecule has 0 unspecified atom stereocenters. The molecule has 0 aromatic heterocycles. The highest BCUT2D eigenvalue weighted by Crippen LogP contribution is 2.39. The van der Waals surface area contributed by atoms with Crippen LogP contribution in [0.15, 0.2) is 12.4 Å². The number of rotatable bonds is 5. The molecule has 0 fully saturated rings. The van der Waals surface area contributed by atoms with E-state index in [2.05, 4.69) is 80.3 Å². The molecule has 0 amide bonds. The van der Waals surface area contributed by atoms with Gasteiger partial charge in [-0.2, -0.15) is 0 Å². The van der Waals surface area contributed by atoms with E-state index < -0.39 is 0 Å². The lowest BCUT2D eigenvalue weighted by Gasteiger charge is -2.52. The molecule has 0 aromatic rings. The Labute approximate surface area is 127 Å². The van der Waals surface area contributed by atoms with Gasteiger partial charge in [0.1, 0.15) is 0 Å². The Morgan fingerprint density at radius 3 is 1.20 bits per heavy atom. The summed E-state index contributed by atoms with van der Waals surface area (Å²) in [6.45, 7) is 23.1. The first-order valence-corrected chi connectivity index (χ1v) is 7.79. The van der Waals surface area contributed by atoms with Gasteiger partial charge in [-0.3, -0.25) is 0 Å². The maximum absolute atomic E-state index is 5.73. The fourth-order valence-electron chi connectivity index (χ4n) is 4.07. The van der Waals surface area contributed by atoms with Crippen molar-refractivity contribution in [3.8, 4) is 0 Å². The molecule has 0 aliphatic rings. The van der Waals surface area contributed by atoms with Crippen LogP contribution < -0.4 is 5.73 Å². The molecule has 2 N–H and O–H groups in total. The number of hydrogen-bond donors (Lipinski definition) is 1. The molecule has 20 heavy (non-hydrogen) atoms. The summed E-state index contributed by atoms with van der Waals surface area (Å²) in [7, 11) is 0. The maximum atomic E-state index is 5.73. The molecule has 0 spiro atoms. The van der Waals surface area contributed by atoms with Crippen LogP contribution in [0.1, 0.15) is 82.1 Å². The molecule has 0 rings (SSSR count). The summed E-state index contributed by atoms with van der Waals surface area (Å²) in [6.07, 6.45) is 5.99. The summed E-state index contributed by atoms with van der Waals surface area (Å²) < 4.78 is 0. The quantitative estimate of drug-likeness (QED) is 0.755. The first-order chi connectivity index (χ1) is 8.61. The van der Waals surface area contributed by atoms with Gasteiger partial charge in [-0.25, -0.2) is 0 Å². The van der Waals surface area contributed by atoms with Gasteiger partial charge in [0, 0.05) is 23.5 Å². The van der Waals surface area contributed by atoms with Crippen LogP contribution in [0.4, 0.5) is 0 Å². The minimum atomic E-state index is 0.0723. The van der Waals surface area contributed by atoms with E-state index in [4.69, 9.17) is 5.73 Å². The molecule has 0 heterocycles. The summed E-state index contributed by atoms with van der Waals surface area (Å²) in [5, 5.41) is 0. The Hall–Kier alpha value is -0.660. The van der Waals surface area contributed by atoms with Crippen molar-refractivity contribution < 1.29 is 0 Å². The average molecular weight is 283 g/mol. The lowest BCUT2D eigenvalue weighted by atomic mass is 9.75. The molecule has 0 saturated heterocycles. The normalized spacial score (nSPS) is 14.9. The average Bonchev–Trinajstić information content (AvgIpc) is 2.04. The smallest absolute Gasteiger partial charge is 0.0351 e. The zero-order valence-electron chi connectivity index (χ0n) is 15.6. The van der Waals surface area contributed by atoms with E-state index in [-0.39, 0.29) is 11.1 Å². The van der Waals surface area contributed by atoms with Crippen molar-refractivity contribution in [3.63, 3.8) is 0 Å². The van der Waals surface area contributed by atoms with Crippen molar-refractivity contribution in [3.05, 3.63) is 12.4 Å². The van der Waals surface area contributed by atoms with Gasteiger partial charge in [-0.15, -0.1) is 0 Å². The van der Waals surface area contributed by atoms with Gasteiger partial charge in [-0.1, -0.05) is 41.5 Å². The van der Waals surface area contributed by atoms with Crippen LogP contribution in [0.3, 0.4) is 0 Å². The molecule has 120 valence electrons. The zero-order chi connectivity index (χ0) is 16.4. The van der Waals surface area contributed by atoms with Gasteiger partial charge in [0.25, 0.3) is 0 Å². The van der Waals surface area contributed by atoms with E-state index in [0.717, 1.165) is 12.8 Å². The summed E-state index contributed by atoms with van der Waals surface area (Å²) in [4.78, 5) is 2.45. The van der Waals surface area contributed by atoms with Crippen LogP contribution in [-0.2, 0) is 0 Å². The molecule has 2 nitrogen and oxygen atoms in total. The molecule has 0 aliphatic heterocycles. The first kappa shape index (κ1) is 19.3. The summed E-state index contributed by atoms with van der Waals surface area (Å²) in [6, 6.07) is 0. The third-order valence-corrected chi connectivity index (χ3v) is 3.47. The van der Waals surface area contributed by atoms with Gasteiger partial charge in [0.05, 0.1) is 0 Å². The lowest BCUT2D eigenvalue weighted by Crippen LogP contribution is -2.55. The van der Waals surface area contributed by atoms with Gasteiger partial charge in [-0.05, 0) is 51.4 Å². The topological polar surface area (TPSA) is 29.3 Å². The second-order valence-electron chi connectivity index (χ2n) is 9.81. The van der Waals surface area contributed by atoms with Crippen LogP contribution >= 0.6 is 0 Å². The number of hydrogen-bond acceptors (Lipinski definition) is 2. The van der Waals surface area contributed by atoms with Crippen LogP contribution in [0.5, 0.6) is 0 Å². The van der Waals surface area contributed by atoms with Crippen molar-refractivity contribution in [2.45, 2.75) is 93.2 Å². The van der Waals surface area contributed by atoms with Crippen LogP contribution in [0.2, 0.25) is 0 Å². The molecule has 0 bridgehead atoms. The Balaban J connectivity index is 5.43. The molecule has 2 heteroatoms. The number of nitrogens with two attached hydrogens (primary N) is 1. The fraction of sp³-hybridized carbons (Fsp3) is 0.889. The molecule has 0 aromatic carbocycles. The van der Waals surface area contributed by atoms with Gasteiger partial charge >= 0.3 is 0 Å². The zero-order valence-corrected chi connectivity index (χ0v) is 15.6. The van der Waals surface area contributed by atoms with E-state index in [1.54, 1.807) is 6.20 Å². The Bertz CT molecular complexity index is 296. The molecular weight excluding hydrogens is 244 g/mol. The summed E-state index contributed by atoms with van der Waals surface area (Å²) in [5.41, 5.74) is 6.46. The van der Waals surface area contributed by atoms with E-state index in [1.807, 2.05) is 0 Å². The van der Waals surface area contributed by atoms with Crippen LogP contribution in [-0.4, -0.2) is 16.0 Å². The maximum Gasteiger partial charge on any atom is 0.0351 e. The Kier molecular flexibility index (Phi) is 5.79. The number of nitrogens with zero attached hydrogens (tertiary/aromatic N) is 1. The van der Waals surface area contributed by atoms with E-state index in [1.165, 1.54) is 0 Å². The highest BCUT2D eigenvalue weighted by Gasteiger charge is 2.39. The molecule has 0 aliphatic carbocycles. The van der Waals surface area contributed by atoms with Crippen molar-refractivity contribution in [1.82, 2.24) is 4.90 Å². The van der Waals surface area contributed by atoms with Crippen LogP contribution in [0.25, 0.3) is 0 Å². The molecular formula is C18H38N2. The predicted octanol–water partition coefficient (Wildman–Crippen LogP) is 5.15. The summed E-state index contributed by atoms with van der Waals surface area (Å²) >= 11 is 0. The van der Waals surface area contributed by atoms with Gasteiger partial charge < -0.3 is 10.6 Å². The fourth-order valence-corrected chi connectivity index (χ4v) is 4.07. The Morgan fingerprint density at radius 2 is 1.00 bits per heavy atom. The second-order valence-corrected chi connectivity index (χ2v) is 9.81. The van der Waals surface area contributed by atoms with Crippen molar-refractivity contribution in [2.75, 3.05) is 0 Å². The highest BCUT2D eigenvalue weighted by atomic mass is 15.2. The standard InChI is InChI=1S/C18H38N2/c1-15(2,3)13-17(7,8)20(12-11-19)18(9,10)14-16(4,5)6/h11-12H,13-14,19H2,1-10H3. The largest absolute Gasteiger partial charge is 0.403 e. The lowest BCUT2D eigenvalue weighted by molar-refractivity contribution is 0.0166. The highest BCUT2D eigenvalue weighted by molar-refractivity contribution is 5.01. The monoisotopic (exact) mass is 282 g/mol. The van der Waals surface area contributed by atoms with Crippen molar-refractivity contribution >= 4 is 0 Å². The third-order valence-electron chi connectivity index (χ3n) is 3.47. The van der Waals surface area contributed by atoms with Gasteiger partial charge in [0.15, 0.2) is 0 Å². The second kappa shape index (κ2) is 5.99. The minimum Gasteiger partial charge on any atom is -0.403 e. The van der Waals surface area contributed by atoms with E-state index >= 15 is 0 Å².